The molecule has 0 aromatic rings. The fourth-order valence-corrected chi connectivity index (χ4v) is 2.73. The van der Waals surface area contributed by atoms with E-state index in [9.17, 15) is 14.4 Å². The van der Waals surface area contributed by atoms with Crippen molar-refractivity contribution in [3.63, 3.8) is 0 Å². The lowest BCUT2D eigenvalue weighted by Gasteiger charge is -2.20. The summed E-state index contributed by atoms with van der Waals surface area (Å²) in [5.41, 5.74) is 2.21. The van der Waals surface area contributed by atoms with E-state index < -0.39 is 17.0 Å². The number of ketones is 2. The van der Waals surface area contributed by atoms with Crippen LogP contribution in [0.4, 0.5) is 0 Å². The zero-order chi connectivity index (χ0) is 16.0. The first-order chi connectivity index (χ1) is 9.77. The summed E-state index contributed by atoms with van der Waals surface area (Å²) in [5.74, 6) is -0.463. The quantitative estimate of drug-likeness (QED) is 0.496. The molecule has 1 rings (SSSR count). The Labute approximate surface area is 134 Å². The number of hydrazine groups is 1. The van der Waals surface area contributed by atoms with Crippen LogP contribution in [0, 0.1) is 5.41 Å². The van der Waals surface area contributed by atoms with Crippen LogP contribution in [0.2, 0.25) is 0 Å². The fourth-order valence-electron chi connectivity index (χ4n) is 1.56. The Morgan fingerprint density at radius 2 is 2.00 bits per heavy atom. The summed E-state index contributed by atoms with van der Waals surface area (Å²) >= 11 is 6.63. The lowest BCUT2D eigenvalue weighted by atomic mass is 9.83. The molecule has 0 atom stereocenters. The highest BCUT2D eigenvalue weighted by Crippen LogP contribution is 2.21. The Hall–Kier alpha value is -0.990. The van der Waals surface area contributed by atoms with Crippen LogP contribution in [0.15, 0.2) is 0 Å². The molecule has 1 fully saturated rings. The van der Waals surface area contributed by atoms with Crippen LogP contribution < -0.4 is 10.7 Å². The Morgan fingerprint density at radius 1 is 1.33 bits per heavy atom. The van der Waals surface area contributed by atoms with Crippen LogP contribution in [0.1, 0.15) is 27.2 Å². The van der Waals surface area contributed by atoms with E-state index in [2.05, 4.69) is 10.7 Å². The molecule has 118 valence electrons. The van der Waals surface area contributed by atoms with Gasteiger partial charge in [0.25, 0.3) is 0 Å². The van der Waals surface area contributed by atoms with Gasteiger partial charge >= 0.3 is 0 Å². The number of rotatable bonds is 8. The summed E-state index contributed by atoms with van der Waals surface area (Å²) in [7, 11) is 0. The van der Waals surface area contributed by atoms with Crippen molar-refractivity contribution < 1.29 is 14.4 Å². The number of thioether (sulfide) groups is 1. The topological polar surface area (TPSA) is 78.5 Å². The molecule has 0 unspecified atom stereocenters. The molecule has 0 bridgehead atoms. The molecule has 0 aromatic carbocycles. The van der Waals surface area contributed by atoms with Crippen LogP contribution >= 0.6 is 24.0 Å². The van der Waals surface area contributed by atoms with Gasteiger partial charge in [-0.15, -0.1) is 0 Å². The maximum Gasteiger partial charge on any atom is 0.236 e. The summed E-state index contributed by atoms with van der Waals surface area (Å²) in [5, 5.41) is 4.18. The minimum absolute atomic E-state index is 0.0271. The second kappa shape index (κ2) is 7.86. The zero-order valence-corrected chi connectivity index (χ0v) is 14.2. The van der Waals surface area contributed by atoms with Gasteiger partial charge in [0, 0.05) is 17.7 Å². The summed E-state index contributed by atoms with van der Waals surface area (Å²) in [6, 6.07) is 0. The fraction of sp³-hybridized carbons (Fsp3) is 0.692. The van der Waals surface area contributed by atoms with Crippen molar-refractivity contribution in [1.29, 1.82) is 0 Å². The van der Waals surface area contributed by atoms with Crippen molar-refractivity contribution in [1.82, 2.24) is 15.8 Å². The average Bonchev–Trinajstić information content (AvgIpc) is 2.86. The maximum absolute atomic E-state index is 11.9. The number of hydrogen-bond donors (Lipinski definition) is 2. The molecule has 8 heteroatoms. The van der Waals surface area contributed by atoms with Crippen LogP contribution in [0.3, 0.4) is 0 Å². The maximum atomic E-state index is 11.9. The van der Waals surface area contributed by atoms with E-state index in [1.165, 1.54) is 0 Å². The number of carbonyl (C=O) groups excluding carboxylic acids is 3. The molecule has 0 radical (unpaired) electrons. The van der Waals surface area contributed by atoms with Gasteiger partial charge in [-0.1, -0.05) is 44.8 Å². The van der Waals surface area contributed by atoms with Gasteiger partial charge in [-0.25, -0.2) is 5.43 Å². The van der Waals surface area contributed by atoms with E-state index in [1.807, 2.05) is 6.92 Å². The summed E-state index contributed by atoms with van der Waals surface area (Å²) in [6.07, 6.45) is 0.581. The lowest BCUT2D eigenvalue weighted by molar-refractivity contribution is -0.141. The molecule has 1 amide bonds. The van der Waals surface area contributed by atoms with Crippen LogP contribution in [-0.2, 0) is 14.4 Å². The number of hydrogen-bond acceptors (Lipinski definition) is 6. The second-order valence-corrected chi connectivity index (χ2v) is 7.10. The summed E-state index contributed by atoms with van der Waals surface area (Å²) in [4.78, 5) is 35.3. The zero-order valence-electron chi connectivity index (χ0n) is 12.5. The molecule has 1 heterocycles. The minimum atomic E-state index is -0.682. The number of nitrogens with zero attached hydrogens (tertiary/aromatic N) is 1. The molecular weight excluding hydrogens is 310 g/mol. The lowest BCUT2D eigenvalue weighted by Crippen LogP contribution is -2.46. The SMILES string of the molecule is CCC(C)(C)C(=O)C(=O)CNC(=O)CNN1CCSC1=S. The largest absolute Gasteiger partial charge is 0.347 e. The Kier molecular flexibility index (Phi) is 6.76. The molecule has 0 saturated carbocycles. The molecule has 0 spiro atoms. The van der Waals surface area contributed by atoms with E-state index >= 15 is 0 Å². The highest BCUT2D eigenvalue weighted by atomic mass is 32.2. The normalized spacial score (nSPS) is 15.2. The number of thiocarbonyl (C=S) groups is 1. The molecule has 1 aliphatic heterocycles. The Balaban J connectivity index is 2.31. The minimum Gasteiger partial charge on any atom is -0.347 e. The van der Waals surface area contributed by atoms with Crippen molar-refractivity contribution in [3.8, 4) is 0 Å². The smallest absolute Gasteiger partial charge is 0.236 e. The van der Waals surface area contributed by atoms with E-state index in [4.69, 9.17) is 12.2 Å². The average molecular weight is 331 g/mol. The third kappa shape index (κ3) is 5.37. The first kappa shape index (κ1) is 18.1. The molecule has 0 aromatic heterocycles. The van der Waals surface area contributed by atoms with Crippen molar-refractivity contribution in [2.45, 2.75) is 27.2 Å². The predicted molar refractivity (Wildman–Crippen MR) is 86.9 cm³/mol. The predicted octanol–water partition coefficient (Wildman–Crippen LogP) is 0.515. The molecular formula is C13H21N3O3S2. The van der Waals surface area contributed by atoms with Gasteiger partial charge in [0.1, 0.15) is 0 Å². The summed E-state index contributed by atoms with van der Waals surface area (Å²) in [6.45, 7) is 5.82. The van der Waals surface area contributed by atoms with Crippen molar-refractivity contribution in [3.05, 3.63) is 0 Å². The first-order valence-electron chi connectivity index (χ1n) is 6.80. The third-order valence-electron chi connectivity index (χ3n) is 3.39. The number of Topliss-reactive ketones (excluding diaryl/α,β-unsaturated/α-hetero) is 2. The van der Waals surface area contributed by atoms with Gasteiger partial charge in [0.2, 0.25) is 17.5 Å². The van der Waals surface area contributed by atoms with Crippen LogP contribution in [0.5, 0.6) is 0 Å². The van der Waals surface area contributed by atoms with E-state index in [1.54, 1.807) is 30.6 Å². The van der Waals surface area contributed by atoms with Crippen LogP contribution in [0.25, 0.3) is 0 Å². The van der Waals surface area contributed by atoms with Gasteiger partial charge < -0.3 is 5.32 Å². The van der Waals surface area contributed by atoms with Gasteiger partial charge in [-0.3, -0.25) is 19.4 Å². The Morgan fingerprint density at radius 3 is 2.52 bits per heavy atom. The third-order valence-corrected chi connectivity index (χ3v) is 4.82. The number of nitrogens with one attached hydrogen (secondary N) is 2. The second-order valence-electron chi connectivity index (χ2n) is 5.37. The Bertz CT molecular complexity index is 452. The molecule has 0 aliphatic carbocycles. The first-order valence-corrected chi connectivity index (χ1v) is 8.19. The standard InChI is InChI=1S/C13H21N3O3S2/c1-4-13(2,3)11(19)9(17)7-14-10(18)8-15-16-5-6-21-12(16)20/h15H,4-8H2,1-3H3,(H,14,18). The van der Waals surface area contributed by atoms with Crippen molar-refractivity contribution in [2.24, 2.45) is 5.41 Å². The number of amides is 1. The van der Waals surface area contributed by atoms with Crippen LogP contribution in [-0.4, -0.2) is 52.2 Å². The monoisotopic (exact) mass is 331 g/mol. The molecule has 1 saturated heterocycles. The highest BCUT2D eigenvalue weighted by Gasteiger charge is 2.30. The van der Waals surface area contributed by atoms with Crippen molar-refractivity contribution >= 4 is 45.8 Å². The van der Waals surface area contributed by atoms with Gasteiger partial charge in [-0.05, 0) is 6.42 Å². The summed E-state index contributed by atoms with van der Waals surface area (Å²) < 4.78 is 0.707. The molecule has 2 N–H and O–H groups in total. The van der Waals surface area contributed by atoms with Gasteiger partial charge in [0.15, 0.2) is 4.32 Å². The van der Waals surface area contributed by atoms with E-state index in [-0.39, 0.29) is 19.0 Å². The number of carbonyl (C=O) groups is 3. The van der Waals surface area contributed by atoms with Gasteiger partial charge in [0.05, 0.1) is 13.1 Å². The highest BCUT2D eigenvalue weighted by molar-refractivity contribution is 8.23. The van der Waals surface area contributed by atoms with Gasteiger partial charge in [-0.2, -0.15) is 0 Å². The molecule has 1 aliphatic rings. The molecule has 21 heavy (non-hydrogen) atoms. The van der Waals surface area contributed by atoms with E-state index in [0.29, 0.717) is 10.7 Å². The van der Waals surface area contributed by atoms with E-state index in [0.717, 1.165) is 12.3 Å². The molecule has 6 nitrogen and oxygen atoms in total. The van der Waals surface area contributed by atoms with Crippen molar-refractivity contribution in [2.75, 3.05) is 25.4 Å².